The van der Waals surface area contributed by atoms with Crippen LogP contribution in [0.4, 0.5) is 0 Å². The molecule has 0 N–H and O–H groups in total. The van der Waals surface area contributed by atoms with Crippen molar-refractivity contribution in [3.8, 4) is 11.5 Å². The molecule has 0 saturated carbocycles. The lowest BCUT2D eigenvalue weighted by Crippen LogP contribution is -2.57. The Hall–Kier alpha value is -3.70. The second-order valence-corrected chi connectivity index (χ2v) is 16.2. The van der Waals surface area contributed by atoms with Crippen LogP contribution in [-0.4, -0.2) is 77.4 Å². The number of ether oxygens (including phenoxy) is 8. The molecule has 2 fully saturated rings. The predicted octanol–water partition coefficient (Wildman–Crippen LogP) is 7.81. The van der Waals surface area contributed by atoms with Gasteiger partial charge >= 0.3 is 11.9 Å². The number of allylic oxidation sites excluding steroid dienone is 2. The van der Waals surface area contributed by atoms with Gasteiger partial charge in [-0.1, -0.05) is 63.1 Å². The lowest BCUT2D eigenvalue weighted by Gasteiger charge is -2.48. The van der Waals surface area contributed by atoms with E-state index >= 15 is 0 Å². The molecule has 0 bridgehead atoms. The summed E-state index contributed by atoms with van der Waals surface area (Å²) in [6, 6.07) is 15.6. The highest BCUT2D eigenvalue weighted by Gasteiger charge is 2.48. The van der Waals surface area contributed by atoms with E-state index in [9.17, 15) is 9.59 Å². The van der Waals surface area contributed by atoms with E-state index in [1.165, 1.54) is 11.1 Å². The highest BCUT2D eigenvalue weighted by atomic mass is 16.7. The molecule has 2 aliphatic rings. The molecule has 2 heterocycles. The first kappa shape index (κ1) is 42.0. The summed E-state index contributed by atoms with van der Waals surface area (Å²) >= 11 is 0. The van der Waals surface area contributed by atoms with E-state index in [4.69, 9.17) is 37.9 Å². The van der Waals surface area contributed by atoms with E-state index in [-0.39, 0.29) is 38.0 Å². The maximum absolute atomic E-state index is 12.6. The SMILES string of the molecule is CC(C)=CCOc1ccc(CCC(=O)OCC(C)(C)C2OCC3(CO2)COC(C(C)(C)COC(=O)CCc2ccc(OCC=C(C)C)cc2)OC3)cc1. The smallest absolute Gasteiger partial charge is 0.306 e. The summed E-state index contributed by atoms with van der Waals surface area (Å²) in [7, 11) is 0. The van der Waals surface area contributed by atoms with Crippen molar-refractivity contribution in [2.24, 2.45) is 16.2 Å². The first-order chi connectivity index (χ1) is 25.1. The van der Waals surface area contributed by atoms with E-state index in [1.807, 2.05) is 116 Å². The van der Waals surface area contributed by atoms with Crippen LogP contribution in [0.5, 0.6) is 11.5 Å². The third-order valence-electron chi connectivity index (χ3n) is 9.22. The van der Waals surface area contributed by atoms with Crippen molar-refractivity contribution in [1.82, 2.24) is 0 Å². The Bertz CT molecular complexity index is 1380. The van der Waals surface area contributed by atoms with Crippen molar-refractivity contribution < 1.29 is 47.5 Å². The van der Waals surface area contributed by atoms with Gasteiger partial charge in [0.1, 0.15) is 37.9 Å². The van der Waals surface area contributed by atoms with Crippen molar-refractivity contribution in [2.75, 3.05) is 52.9 Å². The average Bonchev–Trinajstić information content (AvgIpc) is 3.12. The van der Waals surface area contributed by atoms with Crippen LogP contribution in [0.25, 0.3) is 0 Å². The van der Waals surface area contributed by atoms with Crippen LogP contribution in [0.2, 0.25) is 0 Å². The maximum atomic E-state index is 12.6. The van der Waals surface area contributed by atoms with Gasteiger partial charge in [0.25, 0.3) is 0 Å². The minimum absolute atomic E-state index is 0.167. The molecule has 10 nitrogen and oxygen atoms in total. The second-order valence-electron chi connectivity index (χ2n) is 16.2. The van der Waals surface area contributed by atoms with E-state index in [2.05, 4.69) is 0 Å². The molecule has 2 aromatic carbocycles. The third-order valence-corrected chi connectivity index (χ3v) is 9.22. The Morgan fingerprint density at radius 2 is 0.962 bits per heavy atom. The summed E-state index contributed by atoms with van der Waals surface area (Å²) in [6.45, 7) is 18.9. The predicted molar refractivity (Wildman–Crippen MR) is 203 cm³/mol. The Balaban J connectivity index is 1.11. The van der Waals surface area contributed by atoms with Crippen LogP contribution in [0.1, 0.15) is 79.4 Å². The number of carbonyl (C=O) groups excluding carboxylic acids is 2. The van der Waals surface area contributed by atoms with Crippen LogP contribution in [0.15, 0.2) is 71.8 Å². The lowest BCUT2D eigenvalue weighted by atomic mass is 9.86. The Kier molecular flexibility index (Phi) is 15.5. The van der Waals surface area contributed by atoms with Crippen molar-refractivity contribution >= 4 is 11.9 Å². The summed E-state index contributed by atoms with van der Waals surface area (Å²) in [5.74, 6) is 1.05. The molecule has 2 aromatic rings. The van der Waals surface area contributed by atoms with Crippen LogP contribution in [-0.2, 0) is 50.9 Å². The van der Waals surface area contributed by atoms with Gasteiger partial charge in [0, 0.05) is 23.7 Å². The molecule has 1 spiro atoms. The number of hydrogen-bond acceptors (Lipinski definition) is 10. The molecule has 0 atom stereocenters. The number of benzene rings is 2. The fraction of sp³-hybridized carbons (Fsp3) is 0.581. The normalized spacial score (nSPS) is 20.3. The van der Waals surface area contributed by atoms with E-state index < -0.39 is 28.8 Å². The topological polar surface area (TPSA) is 108 Å². The quantitative estimate of drug-likeness (QED) is 0.111. The van der Waals surface area contributed by atoms with Crippen LogP contribution in [0.3, 0.4) is 0 Å². The standard InChI is InChI=1S/C43H60O10/c1-31(2)21-23-46-35-15-9-33(10-16-35)13-19-37(44)48-25-41(5,6)39-50-27-43(28-51-39)29-52-40(53-30-43)42(7,8)26-49-38(45)20-14-34-11-17-36(18-12-34)47-24-22-32(3)4/h9-12,15-18,21-22,39-40H,13-14,19-20,23-30H2,1-8H3. The zero-order chi connectivity index (χ0) is 38.5. The van der Waals surface area contributed by atoms with Gasteiger partial charge in [-0.25, -0.2) is 0 Å². The first-order valence-electron chi connectivity index (χ1n) is 18.6. The molecule has 2 aliphatic heterocycles. The van der Waals surface area contributed by atoms with Crippen LogP contribution >= 0.6 is 0 Å². The number of esters is 2. The highest BCUT2D eigenvalue weighted by Crippen LogP contribution is 2.38. The van der Waals surface area contributed by atoms with Crippen molar-refractivity contribution in [3.63, 3.8) is 0 Å². The van der Waals surface area contributed by atoms with Crippen molar-refractivity contribution in [3.05, 3.63) is 83.0 Å². The van der Waals surface area contributed by atoms with Gasteiger partial charge in [0.15, 0.2) is 12.6 Å². The summed E-state index contributed by atoms with van der Waals surface area (Å²) in [5, 5.41) is 0. The second kappa shape index (κ2) is 19.6. The highest BCUT2D eigenvalue weighted by molar-refractivity contribution is 5.70. The minimum Gasteiger partial charge on any atom is -0.490 e. The number of carbonyl (C=O) groups is 2. The van der Waals surface area contributed by atoms with Crippen molar-refractivity contribution in [1.29, 1.82) is 0 Å². The van der Waals surface area contributed by atoms with Gasteiger partial charge < -0.3 is 37.9 Å². The largest absolute Gasteiger partial charge is 0.490 e. The van der Waals surface area contributed by atoms with E-state index in [0.717, 1.165) is 22.6 Å². The Morgan fingerprint density at radius 1 is 0.623 bits per heavy atom. The fourth-order valence-corrected chi connectivity index (χ4v) is 5.68. The van der Waals surface area contributed by atoms with Gasteiger partial charge in [0.2, 0.25) is 0 Å². The van der Waals surface area contributed by atoms with E-state index in [1.54, 1.807) is 0 Å². The molecule has 0 radical (unpaired) electrons. The molecule has 0 unspecified atom stereocenters. The van der Waals surface area contributed by atoms with Gasteiger partial charge in [-0.15, -0.1) is 0 Å². The summed E-state index contributed by atoms with van der Waals surface area (Å²) in [6.07, 6.45) is 4.67. The Labute approximate surface area is 316 Å². The zero-order valence-electron chi connectivity index (χ0n) is 33.0. The molecule has 0 aliphatic carbocycles. The molecular formula is C43H60O10. The molecule has 0 amide bonds. The minimum atomic E-state index is -0.560. The molecule has 0 aromatic heterocycles. The molecule has 4 rings (SSSR count). The van der Waals surface area contributed by atoms with Gasteiger partial charge in [0.05, 0.1) is 31.8 Å². The molecule has 53 heavy (non-hydrogen) atoms. The van der Waals surface area contributed by atoms with Crippen LogP contribution < -0.4 is 9.47 Å². The third kappa shape index (κ3) is 13.9. The first-order valence-corrected chi connectivity index (χ1v) is 18.6. The lowest BCUT2D eigenvalue weighted by molar-refractivity contribution is -0.337. The molecular weight excluding hydrogens is 676 g/mol. The van der Waals surface area contributed by atoms with Gasteiger partial charge in [-0.05, 0) is 88.1 Å². The van der Waals surface area contributed by atoms with Gasteiger partial charge in [-0.2, -0.15) is 0 Å². The monoisotopic (exact) mass is 736 g/mol. The number of hydrogen-bond donors (Lipinski definition) is 0. The van der Waals surface area contributed by atoms with Gasteiger partial charge in [-0.3, -0.25) is 9.59 Å². The fourth-order valence-electron chi connectivity index (χ4n) is 5.68. The van der Waals surface area contributed by atoms with Crippen molar-refractivity contribution in [2.45, 2.75) is 93.7 Å². The summed E-state index contributed by atoms with van der Waals surface area (Å²) in [4.78, 5) is 25.2. The number of rotatable bonds is 18. The molecule has 2 saturated heterocycles. The number of aryl methyl sites for hydroxylation is 2. The molecule has 292 valence electrons. The summed E-state index contributed by atoms with van der Waals surface area (Å²) in [5.41, 5.74) is 2.93. The van der Waals surface area contributed by atoms with E-state index in [0.29, 0.717) is 52.5 Å². The zero-order valence-corrected chi connectivity index (χ0v) is 33.0. The Morgan fingerprint density at radius 3 is 1.28 bits per heavy atom. The molecule has 10 heteroatoms. The summed E-state index contributed by atoms with van der Waals surface area (Å²) < 4.78 is 47.4. The average molecular weight is 737 g/mol. The maximum Gasteiger partial charge on any atom is 0.306 e. The van der Waals surface area contributed by atoms with Crippen LogP contribution in [0, 0.1) is 16.2 Å².